The standard InChI is InChI=1S/C12H13ClF2O2S/c1-12(2,3)18-17-9-5-4-7(14)10(11(9)15)8(16)6-13/h4-5H,6H2,1-3H3. The summed E-state index contributed by atoms with van der Waals surface area (Å²) >= 11 is 6.33. The average Bonchev–Trinajstić information content (AvgIpc) is 2.26. The number of carbonyl (C=O) groups excluding carboxylic acids is 1. The Morgan fingerprint density at radius 3 is 2.50 bits per heavy atom. The molecule has 1 aromatic carbocycles. The smallest absolute Gasteiger partial charge is 0.183 e. The van der Waals surface area contributed by atoms with Crippen molar-refractivity contribution in [1.29, 1.82) is 0 Å². The first kappa shape index (κ1) is 15.2. The lowest BCUT2D eigenvalue weighted by molar-refractivity contribution is 0.101. The minimum atomic E-state index is -1.02. The molecule has 0 saturated carbocycles. The number of ketones is 1. The maximum Gasteiger partial charge on any atom is 0.183 e. The summed E-state index contributed by atoms with van der Waals surface area (Å²) in [5.41, 5.74) is -0.656. The zero-order valence-electron chi connectivity index (χ0n) is 10.2. The van der Waals surface area contributed by atoms with Crippen LogP contribution in [-0.4, -0.2) is 16.4 Å². The molecule has 0 amide bonds. The second-order valence-corrected chi connectivity index (χ2v) is 6.40. The first-order chi connectivity index (χ1) is 8.26. The largest absolute Gasteiger partial charge is 0.422 e. The van der Waals surface area contributed by atoms with Crippen LogP contribution in [0.15, 0.2) is 12.1 Å². The number of benzene rings is 1. The summed E-state index contributed by atoms with van der Waals surface area (Å²) in [6.45, 7) is 5.64. The highest BCUT2D eigenvalue weighted by molar-refractivity contribution is 7.96. The number of rotatable bonds is 4. The van der Waals surface area contributed by atoms with E-state index in [-0.39, 0.29) is 10.5 Å². The van der Waals surface area contributed by atoms with E-state index in [1.807, 2.05) is 20.8 Å². The molecule has 0 atom stereocenters. The van der Waals surface area contributed by atoms with Gasteiger partial charge in [0.2, 0.25) is 0 Å². The van der Waals surface area contributed by atoms with Crippen LogP contribution in [0.25, 0.3) is 0 Å². The highest BCUT2D eigenvalue weighted by Crippen LogP contribution is 2.31. The third kappa shape index (κ3) is 3.85. The second kappa shape index (κ2) is 5.89. The Balaban J connectivity index is 3.05. The summed E-state index contributed by atoms with van der Waals surface area (Å²) in [5, 5.41) is 0. The van der Waals surface area contributed by atoms with Crippen molar-refractivity contribution >= 4 is 29.4 Å². The van der Waals surface area contributed by atoms with Crippen LogP contribution < -0.4 is 4.18 Å². The molecule has 0 aromatic heterocycles. The predicted octanol–water partition coefficient (Wildman–Crippen LogP) is 4.21. The normalized spacial score (nSPS) is 11.4. The van der Waals surface area contributed by atoms with Crippen molar-refractivity contribution < 1.29 is 17.8 Å². The molecule has 18 heavy (non-hydrogen) atoms. The molecule has 0 spiro atoms. The molecule has 0 radical (unpaired) electrons. The van der Waals surface area contributed by atoms with E-state index in [0.717, 1.165) is 24.2 Å². The van der Waals surface area contributed by atoms with E-state index < -0.39 is 28.9 Å². The van der Waals surface area contributed by atoms with Crippen molar-refractivity contribution in [3.8, 4) is 5.75 Å². The SMILES string of the molecule is CC(C)(C)SOc1ccc(F)c(C(=O)CCl)c1F. The van der Waals surface area contributed by atoms with Crippen molar-refractivity contribution in [3.05, 3.63) is 29.3 Å². The van der Waals surface area contributed by atoms with Gasteiger partial charge in [-0.1, -0.05) is 0 Å². The highest BCUT2D eigenvalue weighted by atomic mass is 35.5. The molecule has 2 nitrogen and oxygen atoms in total. The fraction of sp³-hybridized carbons (Fsp3) is 0.417. The second-order valence-electron chi connectivity index (χ2n) is 4.57. The van der Waals surface area contributed by atoms with E-state index in [9.17, 15) is 13.6 Å². The zero-order chi connectivity index (χ0) is 13.9. The van der Waals surface area contributed by atoms with E-state index in [4.69, 9.17) is 15.8 Å². The molecule has 1 rings (SSSR count). The molecule has 0 fully saturated rings. The summed E-state index contributed by atoms with van der Waals surface area (Å²) in [7, 11) is 0. The molecular weight excluding hydrogens is 282 g/mol. The maximum atomic E-state index is 13.9. The Hall–Kier alpha value is -0.810. The molecule has 100 valence electrons. The molecule has 0 N–H and O–H groups in total. The third-order valence-electron chi connectivity index (χ3n) is 1.84. The van der Waals surface area contributed by atoms with Gasteiger partial charge in [-0.3, -0.25) is 4.79 Å². The number of alkyl halides is 1. The van der Waals surface area contributed by atoms with Gasteiger partial charge in [-0.2, -0.15) is 0 Å². The summed E-state index contributed by atoms with van der Waals surface area (Å²) < 4.78 is 32.2. The minimum Gasteiger partial charge on any atom is -0.422 e. The topological polar surface area (TPSA) is 26.3 Å². The van der Waals surface area contributed by atoms with Gasteiger partial charge in [0, 0.05) is 4.75 Å². The van der Waals surface area contributed by atoms with Crippen LogP contribution in [0.1, 0.15) is 31.1 Å². The van der Waals surface area contributed by atoms with Gasteiger partial charge < -0.3 is 4.18 Å². The quantitative estimate of drug-likeness (QED) is 0.473. The van der Waals surface area contributed by atoms with Crippen molar-refractivity contribution in [2.45, 2.75) is 25.5 Å². The van der Waals surface area contributed by atoms with E-state index in [1.165, 1.54) is 0 Å². The van der Waals surface area contributed by atoms with Crippen molar-refractivity contribution in [2.75, 3.05) is 5.88 Å². The third-order valence-corrected chi connectivity index (χ3v) is 2.84. The minimum absolute atomic E-state index is 0.176. The van der Waals surface area contributed by atoms with Gasteiger partial charge in [-0.05, 0) is 32.9 Å². The lowest BCUT2D eigenvalue weighted by atomic mass is 10.1. The molecule has 0 bridgehead atoms. The summed E-state index contributed by atoms with van der Waals surface area (Å²) in [5.74, 6) is -3.42. The number of carbonyl (C=O) groups is 1. The fourth-order valence-corrected chi connectivity index (χ4v) is 1.69. The van der Waals surface area contributed by atoms with Crippen LogP contribution in [0.3, 0.4) is 0 Å². The first-order valence-electron chi connectivity index (χ1n) is 5.19. The number of halogens is 3. The Labute approximate surface area is 114 Å². The van der Waals surface area contributed by atoms with Gasteiger partial charge in [-0.25, -0.2) is 8.78 Å². The number of hydrogen-bond acceptors (Lipinski definition) is 3. The number of hydrogen-bond donors (Lipinski definition) is 0. The molecule has 0 aliphatic heterocycles. The van der Waals surface area contributed by atoms with Gasteiger partial charge in [-0.15, -0.1) is 11.6 Å². The van der Waals surface area contributed by atoms with E-state index in [1.54, 1.807) is 0 Å². The maximum absolute atomic E-state index is 13.9. The molecule has 1 aromatic rings. The predicted molar refractivity (Wildman–Crippen MR) is 69.4 cm³/mol. The summed E-state index contributed by atoms with van der Waals surface area (Å²) in [6.07, 6.45) is 0. The van der Waals surface area contributed by atoms with E-state index >= 15 is 0 Å². The van der Waals surface area contributed by atoms with Gasteiger partial charge in [0.1, 0.15) is 5.82 Å². The lowest BCUT2D eigenvalue weighted by Crippen LogP contribution is -2.12. The van der Waals surface area contributed by atoms with E-state index in [0.29, 0.717) is 0 Å². The highest BCUT2D eigenvalue weighted by Gasteiger charge is 2.22. The van der Waals surface area contributed by atoms with Crippen LogP contribution in [0.4, 0.5) is 8.78 Å². The lowest BCUT2D eigenvalue weighted by Gasteiger charge is -2.17. The summed E-state index contributed by atoms with van der Waals surface area (Å²) in [4.78, 5) is 11.3. The van der Waals surface area contributed by atoms with Gasteiger partial charge >= 0.3 is 0 Å². The van der Waals surface area contributed by atoms with Crippen LogP contribution in [0, 0.1) is 11.6 Å². The molecule has 0 saturated heterocycles. The van der Waals surface area contributed by atoms with Crippen LogP contribution in [0.2, 0.25) is 0 Å². The first-order valence-corrected chi connectivity index (χ1v) is 6.46. The zero-order valence-corrected chi connectivity index (χ0v) is 11.8. The molecular formula is C12H13ClF2O2S. The summed E-state index contributed by atoms with van der Waals surface area (Å²) in [6, 6.07) is 2.13. The van der Waals surface area contributed by atoms with Crippen molar-refractivity contribution in [2.24, 2.45) is 0 Å². The molecule has 0 aliphatic rings. The number of Topliss-reactive ketones (excluding diaryl/α,β-unsaturated/α-hetero) is 1. The Bertz CT molecular complexity index is 458. The molecule has 0 aliphatic carbocycles. The van der Waals surface area contributed by atoms with Gasteiger partial charge in [0.05, 0.1) is 23.5 Å². The van der Waals surface area contributed by atoms with E-state index in [2.05, 4.69) is 0 Å². The Morgan fingerprint density at radius 2 is 2.00 bits per heavy atom. The van der Waals surface area contributed by atoms with Crippen molar-refractivity contribution in [1.82, 2.24) is 0 Å². The van der Waals surface area contributed by atoms with Gasteiger partial charge in [0.15, 0.2) is 17.3 Å². The van der Waals surface area contributed by atoms with Crippen molar-refractivity contribution in [3.63, 3.8) is 0 Å². The van der Waals surface area contributed by atoms with Gasteiger partial charge in [0.25, 0.3) is 0 Å². The fourth-order valence-electron chi connectivity index (χ4n) is 1.09. The molecule has 6 heteroatoms. The monoisotopic (exact) mass is 294 g/mol. The van der Waals surface area contributed by atoms with Crippen LogP contribution >= 0.6 is 23.6 Å². The van der Waals surface area contributed by atoms with Crippen LogP contribution in [-0.2, 0) is 0 Å². The molecule has 0 unspecified atom stereocenters. The molecule has 0 heterocycles. The average molecular weight is 295 g/mol. The van der Waals surface area contributed by atoms with Crippen LogP contribution in [0.5, 0.6) is 5.75 Å². The Morgan fingerprint density at radius 1 is 1.39 bits per heavy atom. The Kier molecular flexibility index (Phi) is 4.99.